The third-order valence-electron chi connectivity index (χ3n) is 0.204. The molecule has 0 radical (unpaired) electrons. The Labute approximate surface area is 47.6 Å². The molecule has 0 heterocycles. The van der Waals surface area contributed by atoms with Crippen molar-refractivity contribution < 1.29 is 15.6 Å². The van der Waals surface area contributed by atoms with E-state index >= 15 is 0 Å². The number of hydrogen-bond acceptors (Lipinski definition) is 0. The van der Waals surface area contributed by atoms with Crippen molar-refractivity contribution in [3.63, 3.8) is 0 Å². The van der Waals surface area contributed by atoms with Gasteiger partial charge in [0, 0.05) is 0 Å². The Morgan fingerprint density at radius 2 is 2.00 bits per heavy atom. The van der Waals surface area contributed by atoms with Gasteiger partial charge in [-0.1, -0.05) is 0 Å². The van der Waals surface area contributed by atoms with Gasteiger partial charge in [-0.25, -0.2) is 0 Å². The van der Waals surface area contributed by atoms with Gasteiger partial charge in [-0.2, -0.15) is 0 Å². The van der Waals surface area contributed by atoms with E-state index in [1.54, 1.807) is 17.1 Å². The van der Waals surface area contributed by atoms with Crippen LogP contribution in [0.25, 0.3) is 0 Å². The van der Waals surface area contributed by atoms with E-state index in [9.17, 15) is 0 Å². The van der Waals surface area contributed by atoms with E-state index in [4.69, 9.17) is 0 Å². The molecule has 0 fully saturated rings. The zero-order valence-electron chi connectivity index (χ0n) is 3.79. The maximum atomic E-state index is 3.42. The zero-order chi connectivity index (χ0) is 4.12. The van der Waals surface area contributed by atoms with Gasteiger partial charge in [0.05, 0.1) is 0 Å². The summed E-state index contributed by atoms with van der Waals surface area (Å²) in [5.74, 6) is 0. The molecule has 0 aromatic rings. The van der Waals surface area contributed by atoms with Crippen LogP contribution in [0.3, 0.4) is 0 Å². The van der Waals surface area contributed by atoms with Crippen LogP contribution in [0.4, 0.5) is 0 Å². The molecular weight excluding hydrogens is 116 g/mol. The smallest absolute Gasteiger partial charge is 0.358 e. The molecule has 0 unspecified atom stereocenters. The van der Waals surface area contributed by atoms with Crippen molar-refractivity contribution in [2.75, 3.05) is 0 Å². The topological polar surface area (TPSA) is 0 Å². The molecule has 0 amide bonds. The van der Waals surface area contributed by atoms with Gasteiger partial charge in [-0.15, -0.1) is 0 Å². The molecule has 0 saturated carbocycles. The van der Waals surface area contributed by atoms with E-state index < -0.39 is 0 Å². The molecule has 0 nitrogen and oxygen atoms in total. The summed E-state index contributed by atoms with van der Waals surface area (Å²) in [6, 6.07) is 0. The minimum Gasteiger partial charge on any atom is -0.358 e. The zero-order valence-corrected chi connectivity index (χ0v) is 4.90. The average molecular weight is 124 g/mol. The van der Waals surface area contributed by atoms with E-state index in [0.717, 1.165) is 0 Å². The maximum absolute atomic E-state index is 3.42. The molecule has 0 spiro atoms. The van der Waals surface area contributed by atoms with E-state index in [0.29, 0.717) is 0 Å². The van der Waals surface area contributed by atoms with Crippen molar-refractivity contribution in [1.82, 2.24) is 0 Å². The van der Waals surface area contributed by atoms with Crippen molar-refractivity contribution in [2.45, 2.75) is 0 Å². The summed E-state index contributed by atoms with van der Waals surface area (Å²) in [5.41, 5.74) is 0. The summed E-state index contributed by atoms with van der Waals surface area (Å²) in [4.78, 5) is 1.69. The largest absolute Gasteiger partial charge is 0.358 e. The van der Waals surface area contributed by atoms with Crippen LogP contribution in [-0.2, 0) is 15.6 Å². The van der Waals surface area contributed by atoms with E-state index in [1.807, 2.05) is 0 Å². The third-order valence-corrected chi connectivity index (χ3v) is 0.417. The Balaban J connectivity index is 0. The molecule has 0 aromatic heterocycles. The molecule has 0 atom stereocenters. The quantitative estimate of drug-likeness (QED) is 0.363. The first kappa shape index (κ1) is 9.37. The summed E-state index contributed by atoms with van der Waals surface area (Å²) in [6.07, 6.45) is 3.47. The maximum Gasteiger partial charge on any atom is -0.358 e. The Kier molecular flexibility index (Phi) is 13.9. The molecule has 0 N–H and O–H groups in total. The third kappa shape index (κ3) is 9.00. The van der Waals surface area contributed by atoms with E-state index in [1.165, 1.54) is 0 Å². The normalized spacial score (nSPS) is 7.50. The SMILES string of the molecule is [CH2-]C=C[CH]=[Fe].[CH3-]. The molecular formula is C5H8Fe-2. The Bertz CT molecular complexity index is 45.9. The van der Waals surface area contributed by atoms with Gasteiger partial charge in [-0.05, 0) is 0 Å². The number of rotatable bonds is 1. The van der Waals surface area contributed by atoms with Crippen molar-refractivity contribution in [3.8, 4) is 0 Å². The number of allylic oxidation sites excluding steroid dienone is 2. The molecule has 0 rings (SSSR count). The first-order valence-corrected chi connectivity index (χ1v) is 1.92. The predicted molar refractivity (Wildman–Crippen MR) is 27.0 cm³/mol. The summed E-state index contributed by atoms with van der Waals surface area (Å²) < 4.78 is 0. The Morgan fingerprint density at radius 1 is 1.50 bits per heavy atom. The number of hydrogen-bond donors (Lipinski definition) is 0. The van der Waals surface area contributed by atoms with Gasteiger partial charge >= 0.3 is 39.6 Å². The second-order valence-corrected chi connectivity index (χ2v) is 0.914. The molecule has 0 aromatic carbocycles. The van der Waals surface area contributed by atoms with E-state index in [-0.39, 0.29) is 7.43 Å². The van der Waals surface area contributed by atoms with Crippen molar-refractivity contribution >= 4 is 4.92 Å². The van der Waals surface area contributed by atoms with Crippen molar-refractivity contribution in [1.29, 1.82) is 0 Å². The van der Waals surface area contributed by atoms with Gasteiger partial charge in [0.15, 0.2) is 0 Å². The fourth-order valence-electron chi connectivity index (χ4n) is 0.0481. The van der Waals surface area contributed by atoms with Gasteiger partial charge in [-0.3, -0.25) is 0 Å². The standard InChI is InChI=1S/C4H5.CH3.Fe/c1-3-4-2;;/h1,3-4H,2H2;1H3;/q2*-1;. The van der Waals surface area contributed by atoms with Crippen molar-refractivity contribution in [2.24, 2.45) is 0 Å². The minimum absolute atomic E-state index is 0. The van der Waals surface area contributed by atoms with Crippen LogP contribution in [0, 0.1) is 14.4 Å². The molecule has 38 valence electrons. The second kappa shape index (κ2) is 8.89. The molecule has 0 aliphatic heterocycles. The molecule has 6 heavy (non-hydrogen) atoms. The summed E-state index contributed by atoms with van der Waals surface area (Å²) in [5, 5.41) is 0. The first-order chi connectivity index (χ1) is 2.41. The predicted octanol–water partition coefficient (Wildman–Crippen LogP) is 1.18. The van der Waals surface area contributed by atoms with E-state index in [2.05, 4.69) is 22.5 Å². The average Bonchev–Trinajstić information content (AvgIpc) is 1.41. The molecule has 0 saturated heterocycles. The van der Waals surface area contributed by atoms with Gasteiger partial charge in [0.2, 0.25) is 0 Å². The van der Waals surface area contributed by atoms with Gasteiger partial charge < -0.3 is 7.43 Å². The minimum atomic E-state index is 0. The van der Waals surface area contributed by atoms with Crippen LogP contribution in [0.1, 0.15) is 0 Å². The van der Waals surface area contributed by atoms with Gasteiger partial charge in [0.25, 0.3) is 0 Å². The van der Waals surface area contributed by atoms with Crippen LogP contribution in [0.2, 0.25) is 0 Å². The second-order valence-electron chi connectivity index (χ2n) is 0.546. The fourth-order valence-corrected chi connectivity index (χ4v) is 0.198. The fraction of sp³-hybridized carbons (Fsp3) is 0. The Morgan fingerprint density at radius 3 is 2.00 bits per heavy atom. The van der Waals surface area contributed by atoms with Gasteiger partial charge in [0.1, 0.15) is 0 Å². The Hall–Kier alpha value is -0.000519. The molecule has 0 aliphatic carbocycles. The van der Waals surface area contributed by atoms with Crippen LogP contribution in [0.5, 0.6) is 0 Å². The van der Waals surface area contributed by atoms with Crippen LogP contribution in [-0.4, -0.2) is 4.92 Å². The van der Waals surface area contributed by atoms with Crippen LogP contribution >= 0.6 is 0 Å². The van der Waals surface area contributed by atoms with Crippen molar-refractivity contribution in [3.05, 3.63) is 26.5 Å². The molecule has 0 aliphatic rings. The summed E-state index contributed by atoms with van der Waals surface area (Å²) in [7, 11) is 0. The molecule has 0 bridgehead atoms. The molecule has 1 heteroatoms. The summed E-state index contributed by atoms with van der Waals surface area (Å²) in [6.45, 7) is 3.42. The summed E-state index contributed by atoms with van der Waals surface area (Å²) >= 11 is 3.42. The monoisotopic (exact) mass is 124 g/mol. The first-order valence-electron chi connectivity index (χ1n) is 1.28. The van der Waals surface area contributed by atoms with Crippen LogP contribution < -0.4 is 0 Å². The van der Waals surface area contributed by atoms with Crippen LogP contribution in [0.15, 0.2) is 12.2 Å².